The van der Waals surface area contributed by atoms with E-state index in [9.17, 15) is 4.79 Å². The monoisotopic (exact) mass is 170 g/mol. The SMILES string of the molecule is CCCCCCC(=O)[N]C(C)C. The van der Waals surface area contributed by atoms with Gasteiger partial charge in [-0.15, -0.1) is 0 Å². The molecule has 0 aliphatic rings. The van der Waals surface area contributed by atoms with E-state index in [1.165, 1.54) is 12.8 Å². The van der Waals surface area contributed by atoms with Crippen molar-refractivity contribution in [3.05, 3.63) is 0 Å². The number of hydrogen-bond donors (Lipinski definition) is 0. The molecule has 0 unspecified atom stereocenters. The molecule has 0 saturated carbocycles. The van der Waals surface area contributed by atoms with Crippen LogP contribution < -0.4 is 5.32 Å². The van der Waals surface area contributed by atoms with Gasteiger partial charge in [0.25, 0.3) is 0 Å². The molecule has 0 spiro atoms. The molecule has 2 heteroatoms. The number of unbranched alkanes of at least 4 members (excludes halogenated alkanes) is 3. The molecule has 0 aromatic carbocycles. The quantitative estimate of drug-likeness (QED) is 0.563. The maximum absolute atomic E-state index is 11.0. The van der Waals surface area contributed by atoms with E-state index in [2.05, 4.69) is 12.2 Å². The van der Waals surface area contributed by atoms with E-state index >= 15 is 0 Å². The highest BCUT2D eigenvalue weighted by atomic mass is 16.1. The lowest BCUT2D eigenvalue weighted by Crippen LogP contribution is -2.21. The summed E-state index contributed by atoms with van der Waals surface area (Å²) < 4.78 is 0. The minimum Gasteiger partial charge on any atom is -0.273 e. The Balaban J connectivity index is 3.20. The van der Waals surface area contributed by atoms with E-state index in [1.807, 2.05) is 13.8 Å². The summed E-state index contributed by atoms with van der Waals surface area (Å²) >= 11 is 0. The Morgan fingerprint density at radius 3 is 2.42 bits per heavy atom. The second-order valence-corrected chi connectivity index (χ2v) is 3.43. The summed E-state index contributed by atoms with van der Waals surface area (Å²) in [6, 6.07) is 0.156. The zero-order valence-electron chi connectivity index (χ0n) is 8.47. The molecule has 0 aromatic rings. The van der Waals surface area contributed by atoms with E-state index in [1.54, 1.807) is 0 Å². The molecular formula is C10H20NO. The molecule has 0 bridgehead atoms. The third kappa shape index (κ3) is 7.58. The Labute approximate surface area is 75.7 Å². The zero-order chi connectivity index (χ0) is 9.40. The summed E-state index contributed by atoms with van der Waals surface area (Å²) in [5.74, 6) is 0.0705. The Bertz CT molecular complexity index is 121. The second-order valence-electron chi connectivity index (χ2n) is 3.43. The number of carbonyl (C=O) groups is 1. The van der Waals surface area contributed by atoms with Crippen molar-refractivity contribution < 1.29 is 4.79 Å². The number of rotatable bonds is 6. The summed E-state index contributed by atoms with van der Waals surface area (Å²) in [5, 5.41) is 3.94. The molecule has 0 fully saturated rings. The summed E-state index contributed by atoms with van der Waals surface area (Å²) in [6.07, 6.45) is 5.25. The first-order valence-electron chi connectivity index (χ1n) is 4.90. The molecule has 0 aromatic heterocycles. The van der Waals surface area contributed by atoms with Crippen LogP contribution in [0.5, 0.6) is 0 Å². The smallest absolute Gasteiger partial charge is 0.241 e. The van der Waals surface area contributed by atoms with Crippen LogP contribution in [0.4, 0.5) is 0 Å². The van der Waals surface area contributed by atoms with E-state index in [-0.39, 0.29) is 11.9 Å². The molecule has 12 heavy (non-hydrogen) atoms. The van der Waals surface area contributed by atoms with Crippen LogP contribution in [0.1, 0.15) is 52.9 Å². The largest absolute Gasteiger partial charge is 0.273 e. The van der Waals surface area contributed by atoms with Crippen LogP contribution in [-0.4, -0.2) is 11.9 Å². The first-order chi connectivity index (χ1) is 5.66. The second kappa shape index (κ2) is 7.14. The molecule has 0 heterocycles. The van der Waals surface area contributed by atoms with Crippen molar-refractivity contribution in [1.82, 2.24) is 5.32 Å². The fraction of sp³-hybridized carbons (Fsp3) is 0.900. The highest BCUT2D eigenvalue weighted by Crippen LogP contribution is 2.02. The number of hydrogen-bond acceptors (Lipinski definition) is 1. The number of amides is 1. The maximum atomic E-state index is 11.0. The van der Waals surface area contributed by atoms with Crippen molar-refractivity contribution >= 4 is 5.91 Å². The highest BCUT2D eigenvalue weighted by molar-refractivity contribution is 5.75. The van der Waals surface area contributed by atoms with Crippen LogP contribution in [0.3, 0.4) is 0 Å². The van der Waals surface area contributed by atoms with Gasteiger partial charge < -0.3 is 0 Å². The van der Waals surface area contributed by atoms with Crippen LogP contribution in [0.2, 0.25) is 0 Å². The minimum atomic E-state index is 0.0705. The van der Waals surface area contributed by atoms with E-state index in [0.29, 0.717) is 6.42 Å². The van der Waals surface area contributed by atoms with Crippen molar-refractivity contribution in [3.8, 4) is 0 Å². The van der Waals surface area contributed by atoms with Gasteiger partial charge in [-0.1, -0.05) is 26.2 Å². The molecule has 1 amide bonds. The summed E-state index contributed by atoms with van der Waals surface area (Å²) in [7, 11) is 0. The topological polar surface area (TPSA) is 31.2 Å². The highest BCUT2D eigenvalue weighted by Gasteiger charge is 2.03. The van der Waals surface area contributed by atoms with Crippen molar-refractivity contribution in [3.63, 3.8) is 0 Å². The van der Waals surface area contributed by atoms with Gasteiger partial charge in [0.2, 0.25) is 5.91 Å². The van der Waals surface area contributed by atoms with Gasteiger partial charge in [-0.25, -0.2) is 5.32 Å². The molecular weight excluding hydrogens is 150 g/mol. The van der Waals surface area contributed by atoms with Gasteiger partial charge in [-0.05, 0) is 20.3 Å². The molecule has 1 radical (unpaired) electrons. The number of carbonyl (C=O) groups excluding carboxylic acids is 1. The Kier molecular flexibility index (Phi) is 6.82. The van der Waals surface area contributed by atoms with Gasteiger partial charge in [0.05, 0.1) is 0 Å². The average Bonchev–Trinajstić information content (AvgIpc) is 1.97. The van der Waals surface area contributed by atoms with Gasteiger partial charge in [-0.2, -0.15) is 0 Å². The minimum absolute atomic E-state index is 0.0705. The Morgan fingerprint density at radius 1 is 1.25 bits per heavy atom. The third-order valence-corrected chi connectivity index (χ3v) is 1.65. The van der Waals surface area contributed by atoms with Crippen LogP contribution in [0.25, 0.3) is 0 Å². The summed E-state index contributed by atoms with van der Waals surface area (Å²) in [4.78, 5) is 11.0. The molecule has 0 atom stereocenters. The van der Waals surface area contributed by atoms with Gasteiger partial charge in [0.1, 0.15) is 0 Å². The first-order valence-corrected chi connectivity index (χ1v) is 4.90. The van der Waals surface area contributed by atoms with Crippen molar-refractivity contribution in [1.29, 1.82) is 0 Å². The molecule has 2 nitrogen and oxygen atoms in total. The Hall–Kier alpha value is -0.530. The fourth-order valence-corrected chi connectivity index (χ4v) is 1.06. The predicted octanol–water partition coefficient (Wildman–Crippen LogP) is 2.50. The van der Waals surface area contributed by atoms with Gasteiger partial charge in [0.15, 0.2) is 0 Å². The standard InChI is InChI=1S/C10H20NO/c1-4-5-6-7-8-10(12)11-9(2)3/h9H,4-8H2,1-3H3. The molecule has 0 aliphatic heterocycles. The summed E-state index contributed by atoms with van der Waals surface area (Å²) in [6.45, 7) is 6.04. The van der Waals surface area contributed by atoms with E-state index in [4.69, 9.17) is 0 Å². The van der Waals surface area contributed by atoms with Crippen LogP contribution in [-0.2, 0) is 4.79 Å². The molecule has 0 saturated heterocycles. The van der Waals surface area contributed by atoms with Crippen LogP contribution >= 0.6 is 0 Å². The zero-order valence-corrected chi connectivity index (χ0v) is 8.47. The van der Waals surface area contributed by atoms with Gasteiger partial charge >= 0.3 is 0 Å². The van der Waals surface area contributed by atoms with Crippen molar-refractivity contribution in [2.24, 2.45) is 0 Å². The molecule has 0 rings (SSSR count). The van der Waals surface area contributed by atoms with Crippen LogP contribution in [0, 0.1) is 0 Å². The molecule has 0 N–H and O–H groups in total. The fourth-order valence-electron chi connectivity index (χ4n) is 1.06. The average molecular weight is 170 g/mol. The van der Waals surface area contributed by atoms with Crippen LogP contribution in [0.15, 0.2) is 0 Å². The molecule has 0 aliphatic carbocycles. The number of nitrogens with zero attached hydrogens (tertiary/aromatic N) is 1. The van der Waals surface area contributed by atoms with Gasteiger partial charge in [-0.3, -0.25) is 4.79 Å². The maximum Gasteiger partial charge on any atom is 0.241 e. The lowest BCUT2D eigenvalue weighted by atomic mass is 10.1. The normalized spacial score (nSPS) is 10.3. The lowest BCUT2D eigenvalue weighted by molar-refractivity contribution is -0.122. The molecule has 71 valence electrons. The lowest BCUT2D eigenvalue weighted by Gasteiger charge is -2.03. The van der Waals surface area contributed by atoms with E-state index in [0.717, 1.165) is 12.8 Å². The van der Waals surface area contributed by atoms with Gasteiger partial charge in [0, 0.05) is 12.5 Å². The Morgan fingerprint density at radius 2 is 1.92 bits per heavy atom. The van der Waals surface area contributed by atoms with Crippen molar-refractivity contribution in [2.45, 2.75) is 58.9 Å². The van der Waals surface area contributed by atoms with Crippen molar-refractivity contribution in [2.75, 3.05) is 0 Å². The van der Waals surface area contributed by atoms with E-state index < -0.39 is 0 Å². The predicted molar refractivity (Wildman–Crippen MR) is 51.0 cm³/mol. The third-order valence-electron chi connectivity index (χ3n) is 1.65. The first kappa shape index (κ1) is 11.5. The summed E-state index contributed by atoms with van der Waals surface area (Å²) in [5.41, 5.74) is 0.